The number of hydrogen-bond donors (Lipinski definition) is 2. The summed E-state index contributed by atoms with van der Waals surface area (Å²) in [6.45, 7) is 2.00. The molecule has 2 aliphatic rings. The number of carboxylic acids is 1. The summed E-state index contributed by atoms with van der Waals surface area (Å²) in [6.07, 6.45) is 1.86. The predicted molar refractivity (Wildman–Crippen MR) is 156 cm³/mol. The molecule has 1 aliphatic heterocycles. The lowest BCUT2D eigenvalue weighted by molar-refractivity contribution is -0.137. The van der Waals surface area contributed by atoms with Crippen LogP contribution in [-0.4, -0.2) is 76.9 Å². The third-order valence-corrected chi connectivity index (χ3v) is 7.93. The molecule has 44 heavy (non-hydrogen) atoms. The highest BCUT2D eigenvalue weighted by atomic mass is 35.5. The largest absolute Gasteiger partial charge is 0.496 e. The van der Waals surface area contributed by atoms with Crippen LogP contribution >= 0.6 is 11.6 Å². The number of hydrogen-bond acceptors (Lipinski definition) is 12. The van der Waals surface area contributed by atoms with Gasteiger partial charge in [0, 0.05) is 36.2 Å². The van der Waals surface area contributed by atoms with Crippen molar-refractivity contribution in [2.45, 2.75) is 38.3 Å². The van der Waals surface area contributed by atoms with E-state index in [0.29, 0.717) is 34.9 Å². The molecule has 0 amide bonds. The van der Waals surface area contributed by atoms with Gasteiger partial charge in [-0.05, 0) is 24.1 Å². The fourth-order valence-electron chi connectivity index (χ4n) is 5.37. The maximum Gasteiger partial charge on any atom is 0.303 e. The van der Waals surface area contributed by atoms with Crippen molar-refractivity contribution in [3.8, 4) is 40.1 Å². The zero-order valence-corrected chi connectivity index (χ0v) is 25.4. The fraction of sp³-hybridized carbons (Fsp3) is 0.379. The average molecular weight is 628 g/mol. The standard InChI is InChI=1S/C29H30ClN5O9/c1-14-9-15(10-22(36)29(14)27(39)24-20(42-4)13-21(43-5)25(30)26(24)44-29)31-17-12-19(41-3)18(40-2)11-16(17)28-32-34-35(33-28)8-6-7-23(37)38/h10-14,31H,6-9H2,1-5H3,(H,37,38)/t14-,29+/m1/s1. The zero-order chi connectivity index (χ0) is 31.8. The molecule has 232 valence electrons. The van der Waals surface area contributed by atoms with Crippen molar-refractivity contribution in [2.75, 3.05) is 33.8 Å². The Kier molecular flexibility index (Phi) is 8.37. The molecular formula is C29H30ClN5O9. The van der Waals surface area contributed by atoms with Gasteiger partial charge >= 0.3 is 5.97 Å². The molecule has 1 aliphatic carbocycles. The summed E-state index contributed by atoms with van der Waals surface area (Å²) in [7, 11) is 5.80. The van der Waals surface area contributed by atoms with Gasteiger partial charge in [0.05, 0.1) is 46.2 Å². The van der Waals surface area contributed by atoms with Crippen molar-refractivity contribution in [1.82, 2.24) is 20.2 Å². The van der Waals surface area contributed by atoms with E-state index in [1.165, 1.54) is 45.4 Å². The summed E-state index contributed by atoms with van der Waals surface area (Å²) in [4.78, 5) is 39.8. The van der Waals surface area contributed by atoms with Gasteiger partial charge in [-0.25, -0.2) is 0 Å². The SMILES string of the molecule is COc1cc(NC2=CC(=O)[C@@]3(Oc4c(Cl)c(OC)cc(OC)c4C3=O)[C@H](C)C2)c(-c2nnn(CCCC(=O)O)n2)cc1OC. The minimum Gasteiger partial charge on any atom is -0.496 e. The highest BCUT2D eigenvalue weighted by Gasteiger charge is 2.60. The Bertz CT molecular complexity index is 1690. The number of fused-ring (bicyclic) bond motifs is 1. The molecule has 0 saturated heterocycles. The molecule has 0 bridgehead atoms. The lowest BCUT2D eigenvalue weighted by atomic mass is 9.74. The summed E-state index contributed by atoms with van der Waals surface area (Å²) in [5.41, 5.74) is -0.289. The second-order valence-corrected chi connectivity index (χ2v) is 10.6. The maximum absolute atomic E-state index is 13.8. The molecule has 2 N–H and O–H groups in total. The van der Waals surface area contributed by atoms with Crippen molar-refractivity contribution in [1.29, 1.82) is 0 Å². The molecule has 2 heterocycles. The average Bonchev–Trinajstić information content (AvgIpc) is 3.59. The first-order valence-corrected chi connectivity index (χ1v) is 13.9. The van der Waals surface area contributed by atoms with Gasteiger partial charge in [0.25, 0.3) is 0 Å². The van der Waals surface area contributed by atoms with Gasteiger partial charge in [0.1, 0.15) is 22.1 Å². The second-order valence-electron chi connectivity index (χ2n) is 10.2. The number of carbonyl (C=O) groups excluding carboxylic acids is 2. The number of benzene rings is 2. The van der Waals surface area contributed by atoms with E-state index in [2.05, 4.69) is 20.7 Å². The summed E-state index contributed by atoms with van der Waals surface area (Å²) in [6, 6.07) is 4.82. The third-order valence-electron chi connectivity index (χ3n) is 7.57. The summed E-state index contributed by atoms with van der Waals surface area (Å²) >= 11 is 6.49. The van der Waals surface area contributed by atoms with Gasteiger partial charge in [-0.15, -0.1) is 10.2 Å². The number of Topliss-reactive ketones (excluding diaryl/α,β-unsaturated/α-hetero) is 1. The highest BCUT2D eigenvalue weighted by molar-refractivity contribution is 6.36. The number of carbonyl (C=O) groups is 3. The van der Waals surface area contributed by atoms with Crippen molar-refractivity contribution in [2.24, 2.45) is 5.92 Å². The van der Waals surface area contributed by atoms with Crippen LogP contribution in [-0.2, 0) is 16.1 Å². The molecule has 0 unspecified atom stereocenters. The Morgan fingerprint density at radius 3 is 2.41 bits per heavy atom. The number of ether oxygens (including phenoxy) is 5. The summed E-state index contributed by atoms with van der Waals surface area (Å²) < 4.78 is 27.8. The van der Waals surface area contributed by atoms with Crippen LogP contribution in [0.5, 0.6) is 28.7 Å². The predicted octanol–water partition coefficient (Wildman–Crippen LogP) is 3.81. The number of aliphatic carboxylic acids is 1. The first kappa shape index (κ1) is 30.6. The molecule has 5 rings (SSSR count). The molecule has 2 atom stereocenters. The molecule has 0 saturated carbocycles. The number of halogens is 1. The number of rotatable bonds is 11. The van der Waals surface area contributed by atoms with Crippen LogP contribution in [0.2, 0.25) is 5.02 Å². The number of allylic oxidation sites excluding steroid dienone is 1. The van der Waals surface area contributed by atoms with Gasteiger partial charge in [-0.2, -0.15) is 4.80 Å². The molecule has 3 aromatic rings. The van der Waals surface area contributed by atoms with Gasteiger partial charge in [0.15, 0.2) is 17.2 Å². The van der Waals surface area contributed by atoms with E-state index in [4.69, 9.17) is 40.4 Å². The number of aryl methyl sites for hydroxylation is 1. The molecule has 15 heteroatoms. The van der Waals surface area contributed by atoms with Gasteiger partial charge in [0.2, 0.25) is 23.0 Å². The number of anilines is 1. The van der Waals surface area contributed by atoms with Crippen LogP contribution in [0.25, 0.3) is 11.4 Å². The van der Waals surface area contributed by atoms with Gasteiger partial charge < -0.3 is 34.1 Å². The van der Waals surface area contributed by atoms with E-state index in [9.17, 15) is 14.4 Å². The number of carboxylic acid groups (broad SMARTS) is 1. The molecular weight excluding hydrogens is 598 g/mol. The number of nitrogens with one attached hydrogen (secondary N) is 1. The molecule has 14 nitrogen and oxygen atoms in total. The molecule has 0 radical (unpaired) electrons. The molecule has 1 aromatic heterocycles. The first-order valence-electron chi connectivity index (χ1n) is 13.5. The van der Waals surface area contributed by atoms with Gasteiger partial charge in [-0.3, -0.25) is 14.4 Å². The van der Waals surface area contributed by atoms with Crippen LogP contribution in [0.1, 0.15) is 36.5 Å². The number of ketones is 2. The molecule has 1 spiro atoms. The normalized spacial score (nSPS) is 18.9. The fourth-order valence-corrected chi connectivity index (χ4v) is 5.64. The monoisotopic (exact) mass is 627 g/mol. The van der Waals surface area contributed by atoms with E-state index in [-0.39, 0.29) is 53.0 Å². The molecule has 2 aromatic carbocycles. The number of aromatic nitrogens is 4. The van der Waals surface area contributed by atoms with E-state index in [1.54, 1.807) is 19.1 Å². The third kappa shape index (κ3) is 5.14. The van der Waals surface area contributed by atoms with Crippen molar-refractivity contribution in [3.05, 3.63) is 40.6 Å². The topological polar surface area (TPSA) is 173 Å². The van der Waals surface area contributed by atoms with E-state index >= 15 is 0 Å². The lowest BCUT2D eigenvalue weighted by Crippen LogP contribution is -2.55. The van der Waals surface area contributed by atoms with E-state index < -0.39 is 29.1 Å². The van der Waals surface area contributed by atoms with Crippen LogP contribution in [0, 0.1) is 5.92 Å². The number of nitrogens with zero attached hydrogens (tertiary/aromatic N) is 4. The van der Waals surface area contributed by atoms with Crippen molar-refractivity contribution in [3.63, 3.8) is 0 Å². The van der Waals surface area contributed by atoms with Crippen LogP contribution in [0.3, 0.4) is 0 Å². The summed E-state index contributed by atoms with van der Waals surface area (Å²) in [5.74, 6) is -1.14. The minimum absolute atomic E-state index is 0.0360. The number of tetrazole rings is 1. The zero-order valence-electron chi connectivity index (χ0n) is 24.6. The Hall–Kier alpha value is -4.85. The van der Waals surface area contributed by atoms with Crippen LogP contribution < -0.4 is 29.0 Å². The highest BCUT2D eigenvalue weighted by Crippen LogP contribution is 2.53. The van der Waals surface area contributed by atoms with Crippen molar-refractivity contribution < 1.29 is 43.2 Å². The van der Waals surface area contributed by atoms with Crippen molar-refractivity contribution >= 4 is 34.8 Å². The maximum atomic E-state index is 13.8. The Labute approximate surface area is 256 Å². The Balaban J connectivity index is 1.49. The lowest BCUT2D eigenvalue weighted by Gasteiger charge is -2.35. The second kappa shape index (κ2) is 12.0. The summed E-state index contributed by atoms with van der Waals surface area (Å²) in [5, 5.41) is 24.8. The minimum atomic E-state index is -1.84. The first-order chi connectivity index (χ1) is 21.1. The van der Waals surface area contributed by atoms with Crippen LogP contribution in [0.4, 0.5) is 5.69 Å². The number of methoxy groups -OCH3 is 4. The smallest absolute Gasteiger partial charge is 0.303 e. The Morgan fingerprint density at radius 1 is 1.09 bits per heavy atom. The quantitative estimate of drug-likeness (QED) is 0.294. The molecule has 0 fully saturated rings. The van der Waals surface area contributed by atoms with Crippen LogP contribution in [0.15, 0.2) is 30.0 Å². The Morgan fingerprint density at radius 2 is 1.77 bits per heavy atom. The van der Waals surface area contributed by atoms with E-state index in [0.717, 1.165) is 0 Å². The van der Waals surface area contributed by atoms with E-state index in [1.807, 2.05) is 0 Å². The van der Waals surface area contributed by atoms with Gasteiger partial charge in [-0.1, -0.05) is 18.5 Å².